The molecule has 3 rings (SSSR count). The van der Waals surface area contributed by atoms with E-state index in [2.05, 4.69) is 20.9 Å². The van der Waals surface area contributed by atoms with E-state index in [0.29, 0.717) is 30.5 Å². The van der Waals surface area contributed by atoms with Crippen LogP contribution in [0.4, 0.5) is 4.79 Å². The van der Waals surface area contributed by atoms with Crippen LogP contribution in [0.15, 0.2) is 10.8 Å². The van der Waals surface area contributed by atoms with Gasteiger partial charge in [0.15, 0.2) is 0 Å². The molecule has 0 radical (unpaired) electrons. The number of piperidine rings is 1. The third-order valence-corrected chi connectivity index (χ3v) is 6.30. The molecule has 1 aromatic rings. The van der Waals surface area contributed by atoms with Gasteiger partial charge >= 0.3 is 12.1 Å². The van der Waals surface area contributed by atoms with Gasteiger partial charge in [0.1, 0.15) is 28.2 Å². The maximum absolute atomic E-state index is 12.4. The van der Waals surface area contributed by atoms with Gasteiger partial charge in [-0.25, -0.2) is 14.6 Å². The summed E-state index contributed by atoms with van der Waals surface area (Å²) in [4.78, 5) is 29.9. The molecule has 1 saturated carbocycles. The first-order chi connectivity index (χ1) is 13.4. The summed E-state index contributed by atoms with van der Waals surface area (Å²) in [5.41, 5.74) is -1.23. The number of carboxylic acids is 1. The van der Waals surface area contributed by atoms with Crippen LogP contribution in [-0.4, -0.2) is 56.9 Å². The van der Waals surface area contributed by atoms with Gasteiger partial charge in [-0.1, -0.05) is 0 Å². The number of aliphatic carboxylic acids is 1. The van der Waals surface area contributed by atoms with E-state index in [0.717, 1.165) is 25.1 Å². The van der Waals surface area contributed by atoms with Crippen molar-refractivity contribution < 1.29 is 24.2 Å². The van der Waals surface area contributed by atoms with Crippen LogP contribution in [0.25, 0.3) is 0 Å². The molecule has 2 fully saturated rings. The second kappa shape index (κ2) is 7.91. The molecule has 0 aromatic carbocycles. The van der Waals surface area contributed by atoms with Crippen molar-refractivity contribution in [1.82, 2.24) is 14.5 Å². The molecule has 1 N–H and O–H groups in total. The molecule has 1 unspecified atom stereocenters. The van der Waals surface area contributed by atoms with E-state index in [1.54, 1.807) is 4.90 Å². The SMILES string of the molecule is Cn1cc(Br)nc1C1(OCC(=O)O)CCC2(CCN(C(=O)OC(C)(C)C)CC2)C1. The van der Waals surface area contributed by atoms with E-state index in [1.807, 2.05) is 38.6 Å². The van der Waals surface area contributed by atoms with Crippen LogP contribution in [-0.2, 0) is 26.9 Å². The van der Waals surface area contributed by atoms with Crippen molar-refractivity contribution in [3.05, 3.63) is 16.6 Å². The van der Waals surface area contributed by atoms with Gasteiger partial charge in [0.25, 0.3) is 0 Å². The maximum Gasteiger partial charge on any atom is 0.410 e. The number of nitrogens with zero attached hydrogens (tertiary/aromatic N) is 3. The normalized spacial score (nSPS) is 24.1. The first kappa shape index (κ1) is 22.1. The highest BCUT2D eigenvalue weighted by atomic mass is 79.9. The smallest absolute Gasteiger partial charge is 0.410 e. The van der Waals surface area contributed by atoms with Crippen LogP contribution < -0.4 is 0 Å². The summed E-state index contributed by atoms with van der Waals surface area (Å²) >= 11 is 3.41. The highest BCUT2D eigenvalue weighted by Crippen LogP contribution is 2.56. The zero-order valence-corrected chi connectivity index (χ0v) is 19.1. The summed E-state index contributed by atoms with van der Waals surface area (Å²) in [5, 5.41) is 9.18. The molecule has 9 heteroatoms. The number of carbonyl (C=O) groups is 2. The van der Waals surface area contributed by atoms with Gasteiger partial charge in [-0.15, -0.1) is 0 Å². The predicted molar refractivity (Wildman–Crippen MR) is 109 cm³/mol. The number of ether oxygens (including phenoxy) is 2. The second-order valence-corrected chi connectivity index (χ2v) is 10.1. The molecule has 1 aromatic heterocycles. The number of aromatic nitrogens is 2. The average Bonchev–Trinajstić information content (AvgIpc) is 3.13. The van der Waals surface area contributed by atoms with Crippen LogP contribution in [0.3, 0.4) is 0 Å². The van der Waals surface area contributed by atoms with Crippen molar-refractivity contribution in [3.63, 3.8) is 0 Å². The number of carboxylic acid groups (broad SMARTS) is 1. The second-order valence-electron chi connectivity index (χ2n) is 9.32. The Morgan fingerprint density at radius 2 is 1.90 bits per heavy atom. The molecular weight excluding hydrogens is 442 g/mol. The molecule has 29 heavy (non-hydrogen) atoms. The zero-order valence-electron chi connectivity index (χ0n) is 17.5. The number of amides is 1. The number of imidazole rings is 1. The maximum atomic E-state index is 12.4. The predicted octanol–water partition coefficient (Wildman–Crippen LogP) is 3.68. The number of halogens is 1. The number of carbonyl (C=O) groups excluding carboxylic acids is 1. The first-order valence-electron chi connectivity index (χ1n) is 9.97. The number of hydrogen-bond acceptors (Lipinski definition) is 5. The number of rotatable bonds is 4. The van der Waals surface area contributed by atoms with Gasteiger partial charge in [0.05, 0.1) is 0 Å². The van der Waals surface area contributed by atoms with Crippen LogP contribution >= 0.6 is 15.9 Å². The molecule has 1 atom stereocenters. The summed E-state index contributed by atoms with van der Waals surface area (Å²) in [6.45, 7) is 6.51. The highest BCUT2D eigenvalue weighted by Gasteiger charge is 2.53. The lowest BCUT2D eigenvalue weighted by Crippen LogP contribution is -2.45. The van der Waals surface area contributed by atoms with Crippen LogP contribution in [0.5, 0.6) is 0 Å². The Labute approximate surface area is 179 Å². The molecule has 1 aliphatic heterocycles. The molecule has 1 aliphatic carbocycles. The van der Waals surface area contributed by atoms with Gasteiger partial charge in [-0.05, 0) is 74.2 Å². The summed E-state index contributed by atoms with van der Waals surface area (Å²) < 4.78 is 14.1. The minimum Gasteiger partial charge on any atom is -0.480 e. The molecule has 2 aliphatic rings. The van der Waals surface area contributed by atoms with Crippen molar-refractivity contribution in [1.29, 1.82) is 0 Å². The lowest BCUT2D eigenvalue weighted by Gasteiger charge is -2.41. The van der Waals surface area contributed by atoms with Crippen molar-refractivity contribution >= 4 is 28.0 Å². The van der Waals surface area contributed by atoms with Crippen LogP contribution in [0.1, 0.15) is 58.7 Å². The molecular formula is C20H30BrN3O5. The summed E-state index contributed by atoms with van der Waals surface area (Å²) in [6, 6.07) is 0. The highest BCUT2D eigenvalue weighted by molar-refractivity contribution is 9.10. The molecule has 2 heterocycles. The van der Waals surface area contributed by atoms with Gasteiger partial charge in [-0.3, -0.25) is 0 Å². The van der Waals surface area contributed by atoms with E-state index >= 15 is 0 Å². The molecule has 0 bridgehead atoms. The Balaban J connectivity index is 1.74. The Hall–Kier alpha value is -1.61. The monoisotopic (exact) mass is 471 g/mol. The number of aryl methyl sites for hydroxylation is 1. The first-order valence-corrected chi connectivity index (χ1v) is 10.8. The zero-order chi connectivity index (χ0) is 21.4. The standard InChI is InChI=1S/C20H30BrN3O5/c1-18(2,3)29-17(27)24-9-7-19(8-10-24)5-6-20(13-19,28-12-15(25)26)16-22-14(21)11-23(16)4/h11H,5-10,12-13H2,1-4H3,(H,25,26). The Bertz CT molecular complexity index is 780. The fourth-order valence-corrected chi connectivity index (χ4v) is 5.07. The van der Waals surface area contributed by atoms with Crippen molar-refractivity contribution in [2.45, 2.75) is 64.1 Å². The van der Waals surface area contributed by atoms with Crippen LogP contribution in [0, 0.1) is 5.41 Å². The quantitative estimate of drug-likeness (QED) is 0.719. The summed E-state index contributed by atoms with van der Waals surface area (Å²) in [6.07, 6.45) is 5.60. The molecule has 1 spiro atoms. The third kappa shape index (κ3) is 4.94. The topological polar surface area (TPSA) is 93.9 Å². The van der Waals surface area contributed by atoms with E-state index in [1.165, 1.54) is 0 Å². The summed E-state index contributed by atoms with van der Waals surface area (Å²) in [7, 11) is 1.90. The fourth-order valence-electron chi connectivity index (χ4n) is 4.60. The third-order valence-electron chi connectivity index (χ3n) is 5.92. The van der Waals surface area contributed by atoms with E-state index < -0.39 is 17.2 Å². The van der Waals surface area contributed by atoms with E-state index in [-0.39, 0.29) is 18.1 Å². The minimum absolute atomic E-state index is 0.00937. The average molecular weight is 472 g/mol. The Morgan fingerprint density at radius 1 is 1.24 bits per heavy atom. The molecule has 8 nitrogen and oxygen atoms in total. The lowest BCUT2D eigenvalue weighted by molar-refractivity contribution is -0.152. The van der Waals surface area contributed by atoms with Crippen molar-refractivity contribution in [3.8, 4) is 0 Å². The Kier molecular flexibility index (Phi) is 6.02. The van der Waals surface area contributed by atoms with Crippen molar-refractivity contribution in [2.75, 3.05) is 19.7 Å². The molecule has 162 valence electrons. The summed E-state index contributed by atoms with van der Waals surface area (Å²) in [5.74, 6) is -0.240. The Morgan fingerprint density at radius 3 is 2.41 bits per heavy atom. The van der Waals surface area contributed by atoms with E-state index in [9.17, 15) is 14.7 Å². The molecule has 1 saturated heterocycles. The van der Waals surface area contributed by atoms with Gasteiger partial charge < -0.3 is 24.0 Å². The number of hydrogen-bond donors (Lipinski definition) is 1. The number of likely N-dealkylation sites (tertiary alicyclic amines) is 1. The fraction of sp³-hybridized carbons (Fsp3) is 0.750. The van der Waals surface area contributed by atoms with Gasteiger partial charge in [-0.2, -0.15) is 0 Å². The van der Waals surface area contributed by atoms with Crippen LogP contribution in [0.2, 0.25) is 0 Å². The molecule has 1 amide bonds. The van der Waals surface area contributed by atoms with Gasteiger partial charge in [0.2, 0.25) is 0 Å². The van der Waals surface area contributed by atoms with Crippen molar-refractivity contribution in [2.24, 2.45) is 12.5 Å². The lowest BCUT2D eigenvalue weighted by atomic mass is 9.76. The minimum atomic E-state index is -0.988. The van der Waals surface area contributed by atoms with E-state index in [4.69, 9.17) is 9.47 Å². The van der Waals surface area contributed by atoms with Gasteiger partial charge in [0, 0.05) is 26.3 Å². The largest absolute Gasteiger partial charge is 0.480 e.